The van der Waals surface area contributed by atoms with Crippen molar-refractivity contribution in [2.45, 2.75) is 52.2 Å². The molecule has 2 saturated heterocycles. The molecule has 5 rings (SSSR count). The Balaban J connectivity index is 1.45. The van der Waals surface area contributed by atoms with Crippen molar-refractivity contribution in [1.29, 1.82) is 0 Å². The zero-order valence-corrected chi connectivity index (χ0v) is 25.6. The van der Waals surface area contributed by atoms with Gasteiger partial charge in [-0.2, -0.15) is 0 Å². The van der Waals surface area contributed by atoms with E-state index in [-0.39, 0.29) is 16.7 Å². The number of hydrogen-bond acceptors (Lipinski definition) is 6. The van der Waals surface area contributed by atoms with Crippen LogP contribution in [0.5, 0.6) is 5.75 Å². The molecule has 43 heavy (non-hydrogen) atoms. The van der Waals surface area contributed by atoms with E-state index in [2.05, 4.69) is 25.7 Å². The van der Waals surface area contributed by atoms with Crippen molar-refractivity contribution in [3.8, 4) is 5.75 Å². The normalized spacial score (nSPS) is 19.2. The molecule has 226 valence electrons. The molecular weight excluding hydrogens is 540 g/mol. The summed E-state index contributed by atoms with van der Waals surface area (Å²) >= 11 is 0. The fourth-order valence-corrected chi connectivity index (χ4v) is 5.79. The fraction of sp³-hybridized carbons (Fsp3) is 0.389. The number of aliphatic hydroxyl groups is 1. The van der Waals surface area contributed by atoms with E-state index in [1.54, 1.807) is 17.0 Å². The third kappa shape index (κ3) is 7.00. The molecule has 2 heterocycles. The standard InChI is InChI=1S/C36H42N2O5/c1-25-23-29(43-24-26-9-6-5-7-10-26)15-16-30(25)33(39)31-32(27-11-13-28(14-12-27)36(2,3)4)38(35(41)34(31)40)18-8-17-37-19-21-42-22-20-37/h5-7,9-16,23,32,39H,8,17-22,24H2,1-4H3/t32-/m0/s1. The quantitative estimate of drug-likeness (QED) is 0.189. The Morgan fingerprint density at radius 1 is 0.953 bits per heavy atom. The van der Waals surface area contributed by atoms with E-state index in [9.17, 15) is 14.7 Å². The lowest BCUT2D eigenvalue weighted by molar-refractivity contribution is -0.140. The Kier molecular flexibility index (Phi) is 9.33. The van der Waals surface area contributed by atoms with Gasteiger partial charge >= 0.3 is 0 Å². The van der Waals surface area contributed by atoms with Crippen molar-refractivity contribution in [3.05, 3.63) is 106 Å². The average molecular weight is 583 g/mol. The van der Waals surface area contributed by atoms with Crippen LogP contribution in [-0.4, -0.2) is 66.0 Å². The van der Waals surface area contributed by atoms with Crippen LogP contribution in [0, 0.1) is 6.92 Å². The van der Waals surface area contributed by atoms with Crippen LogP contribution in [0.3, 0.4) is 0 Å². The molecule has 3 aromatic rings. The van der Waals surface area contributed by atoms with Crippen molar-refractivity contribution < 1.29 is 24.2 Å². The summed E-state index contributed by atoms with van der Waals surface area (Å²) in [4.78, 5) is 31.0. The number of ketones is 1. The number of nitrogens with zero attached hydrogens (tertiary/aromatic N) is 2. The molecule has 0 saturated carbocycles. The second-order valence-corrected chi connectivity index (χ2v) is 12.4. The van der Waals surface area contributed by atoms with Crippen molar-refractivity contribution >= 4 is 17.4 Å². The maximum Gasteiger partial charge on any atom is 0.295 e. The molecule has 2 fully saturated rings. The molecule has 2 aliphatic rings. The largest absolute Gasteiger partial charge is 0.507 e. The number of Topliss-reactive ketones (excluding diaryl/α,β-unsaturated/α-hetero) is 1. The molecule has 7 heteroatoms. The van der Waals surface area contributed by atoms with Gasteiger partial charge in [0, 0.05) is 31.7 Å². The van der Waals surface area contributed by atoms with Crippen LogP contribution in [0.25, 0.3) is 5.76 Å². The van der Waals surface area contributed by atoms with Crippen molar-refractivity contribution in [1.82, 2.24) is 9.80 Å². The van der Waals surface area contributed by atoms with Crippen LogP contribution in [0.15, 0.2) is 78.4 Å². The monoisotopic (exact) mass is 582 g/mol. The molecular formula is C36H42N2O5. The molecule has 7 nitrogen and oxygen atoms in total. The lowest BCUT2D eigenvalue weighted by Crippen LogP contribution is -2.39. The van der Waals surface area contributed by atoms with Gasteiger partial charge in [0.2, 0.25) is 0 Å². The highest BCUT2D eigenvalue weighted by atomic mass is 16.5. The van der Waals surface area contributed by atoms with Gasteiger partial charge in [0.15, 0.2) is 0 Å². The average Bonchev–Trinajstić information content (AvgIpc) is 3.25. The highest BCUT2D eigenvalue weighted by molar-refractivity contribution is 6.46. The number of rotatable bonds is 9. The van der Waals surface area contributed by atoms with E-state index >= 15 is 0 Å². The number of aliphatic hydroxyl groups excluding tert-OH is 1. The zero-order chi connectivity index (χ0) is 30.6. The number of carbonyl (C=O) groups excluding carboxylic acids is 2. The Bertz CT molecular complexity index is 1470. The summed E-state index contributed by atoms with van der Waals surface area (Å²) in [6.45, 7) is 13.1. The van der Waals surface area contributed by atoms with Crippen molar-refractivity contribution in [2.75, 3.05) is 39.4 Å². The van der Waals surface area contributed by atoms with E-state index in [0.717, 1.165) is 48.3 Å². The Morgan fingerprint density at radius 2 is 1.65 bits per heavy atom. The molecule has 3 aromatic carbocycles. The number of amides is 1. The third-order valence-electron chi connectivity index (χ3n) is 8.31. The van der Waals surface area contributed by atoms with Gasteiger partial charge in [-0.15, -0.1) is 0 Å². The third-order valence-corrected chi connectivity index (χ3v) is 8.31. The van der Waals surface area contributed by atoms with Gasteiger partial charge in [-0.05, 0) is 59.2 Å². The molecule has 1 atom stereocenters. The molecule has 2 aliphatic heterocycles. The van der Waals surface area contributed by atoms with Gasteiger partial charge in [-0.1, -0.05) is 75.4 Å². The van der Waals surface area contributed by atoms with Crippen molar-refractivity contribution in [3.63, 3.8) is 0 Å². The fourth-order valence-electron chi connectivity index (χ4n) is 5.79. The summed E-state index contributed by atoms with van der Waals surface area (Å²) in [7, 11) is 0. The molecule has 0 radical (unpaired) electrons. The Morgan fingerprint density at radius 3 is 2.30 bits per heavy atom. The van der Waals surface area contributed by atoms with Crippen LogP contribution >= 0.6 is 0 Å². The molecule has 0 bridgehead atoms. The minimum absolute atomic E-state index is 0.0417. The van der Waals surface area contributed by atoms with E-state index in [1.165, 1.54) is 0 Å². The first-order valence-electron chi connectivity index (χ1n) is 15.1. The first-order chi connectivity index (χ1) is 20.6. The van der Waals surface area contributed by atoms with Gasteiger partial charge in [0.25, 0.3) is 11.7 Å². The first-order valence-corrected chi connectivity index (χ1v) is 15.1. The second-order valence-electron chi connectivity index (χ2n) is 12.4. The summed E-state index contributed by atoms with van der Waals surface area (Å²) in [5.74, 6) is -0.728. The van der Waals surface area contributed by atoms with Gasteiger partial charge in [0.1, 0.15) is 18.1 Å². The highest BCUT2D eigenvalue weighted by Crippen LogP contribution is 2.41. The van der Waals surface area contributed by atoms with Gasteiger partial charge in [-0.3, -0.25) is 14.5 Å². The number of benzene rings is 3. The van der Waals surface area contributed by atoms with Crippen LogP contribution in [0.1, 0.15) is 61.1 Å². The van der Waals surface area contributed by atoms with E-state index < -0.39 is 17.7 Å². The Hall–Kier alpha value is -3.94. The summed E-state index contributed by atoms with van der Waals surface area (Å²) < 4.78 is 11.4. The van der Waals surface area contributed by atoms with E-state index in [0.29, 0.717) is 37.7 Å². The molecule has 0 aliphatic carbocycles. The smallest absolute Gasteiger partial charge is 0.295 e. The number of morpholine rings is 1. The van der Waals surface area contributed by atoms with Crippen LogP contribution < -0.4 is 4.74 Å². The summed E-state index contributed by atoms with van der Waals surface area (Å²) in [5.41, 5.74) is 4.36. The zero-order valence-electron chi connectivity index (χ0n) is 25.6. The minimum atomic E-state index is -0.674. The molecule has 1 N–H and O–H groups in total. The summed E-state index contributed by atoms with van der Waals surface area (Å²) in [6.07, 6.45) is 0.718. The van der Waals surface area contributed by atoms with Gasteiger partial charge in [0.05, 0.1) is 24.8 Å². The minimum Gasteiger partial charge on any atom is -0.507 e. The number of carbonyl (C=O) groups is 2. The number of ether oxygens (including phenoxy) is 2. The van der Waals surface area contributed by atoms with E-state index in [4.69, 9.17) is 9.47 Å². The predicted octanol–water partition coefficient (Wildman–Crippen LogP) is 6.02. The first kappa shape index (κ1) is 30.5. The number of likely N-dealkylation sites (tertiary alicyclic amines) is 1. The second kappa shape index (κ2) is 13.1. The summed E-state index contributed by atoms with van der Waals surface area (Å²) in [6, 6.07) is 22.7. The highest BCUT2D eigenvalue weighted by Gasteiger charge is 2.46. The maximum atomic E-state index is 13.6. The lowest BCUT2D eigenvalue weighted by Gasteiger charge is -2.29. The molecule has 0 unspecified atom stereocenters. The van der Waals surface area contributed by atoms with Gasteiger partial charge in [-0.25, -0.2) is 0 Å². The van der Waals surface area contributed by atoms with Crippen LogP contribution in [0.4, 0.5) is 0 Å². The number of hydrogen-bond donors (Lipinski definition) is 1. The predicted molar refractivity (Wildman–Crippen MR) is 168 cm³/mol. The maximum absolute atomic E-state index is 13.6. The SMILES string of the molecule is Cc1cc(OCc2ccccc2)ccc1C(O)=C1C(=O)C(=O)N(CCCN2CCOCC2)[C@H]1c1ccc(C(C)(C)C)cc1. The molecule has 0 aromatic heterocycles. The Labute approximate surface area is 254 Å². The van der Waals surface area contributed by atoms with Gasteiger partial charge < -0.3 is 19.5 Å². The topological polar surface area (TPSA) is 79.3 Å². The van der Waals surface area contributed by atoms with Crippen LogP contribution in [0.2, 0.25) is 0 Å². The number of aryl methyl sites for hydroxylation is 1. The lowest BCUT2D eigenvalue weighted by atomic mass is 9.85. The van der Waals surface area contributed by atoms with Crippen LogP contribution in [-0.2, 0) is 26.3 Å². The van der Waals surface area contributed by atoms with Crippen molar-refractivity contribution in [2.24, 2.45) is 0 Å². The molecule has 1 amide bonds. The summed E-state index contributed by atoms with van der Waals surface area (Å²) in [5, 5.41) is 11.7. The van der Waals surface area contributed by atoms with E-state index in [1.807, 2.05) is 67.6 Å². The molecule has 0 spiro atoms.